The van der Waals surface area contributed by atoms with Crippen molar-refractivity contribution < 1.29 is 4.74 Å². The van der Waals surface area contributed by atoms with Crippen molar-refractivity contribution >= 4 is 76.1 Å². The first-order valence-electron chi connectivity index (χ1n) is 32.7. The Labute approximate surface area is 539 Å². The highest BCUT2D eigenvalue weighted by molar-refractivity contribution is 7.26. The number of hydrogen-bond donors (Lipinski definition) is 0. The first-order chi connectivity index (χ1) is 42.9. The molecule has 0 amide bonds. The highest BCUT2D eigenvalue weighted by Gasteiger charge is 2.36. The van der Waals surface area contributed by atoms with E-state index in [1.165, 1.54) is 109 Å². The monoisotopic (exact) mass is 1200 g/mol. The lowest BCUT2D eigenvalue weighted by molar-refractivity contribution is 0.483. The second-order valence-electron chi connectivity index (χ2n) is 29.6. The maximum Gasteiger partial charge on any atom is 0.137 e. The number of thiophene rings is 1. The Balaban J connectivity index is 1.05. The second-order valence-corrected chi connectivity index (χ2v) is 30.6. The van der Waals surface area contributed by atoms with Crippen LogP contribution in [0.25, 0.3) is 81.2 Å². The number of rotatable bonds is 12. The van der Waals surface area contributed by atoms with Gasteiger partial charge in [-0.1, -0.05) is 227 Å². The average Bonchev–Trinajstić information content (AvgIpc) is 1.51. The summed E-state index contributed by atoms with van der Waals surface area (Å²) in [5.74, 6) is 3.64. The van der Waals surface area contributed by atoms with Crippen LogP contribution in [-0.4, -0.2) is 16.2 Å². The molecular formula is C84H88N4OS. The quantitative estimate of drug-likeness (QED) is 0.122. The molecule has 0 unspecified atom stereocenters. The van der Waals surface area contributed by atoms with E-state index in [0.29, 0.717) is 30.3 Å². The van der Waals surface area contributed by atoms with Gasteiger partial charge in [-0.3, -0.25) is 4.57 Å². The molecule has 0 spiro atoms. The molecule has 0 aliphatic carbocycles. The first kappa shape index (κ1) is 60.5. The zero-order valence-corrected chi connectivity index (χ0v) is 56.8. The van der Waals surface area contributed by atoms with Gasteiger partial charge in [0.05, 0.1) is 28.1 Å². The molecular weight excluding hydrogens is 1110 g/mol. The van der Waals surface area contributed by atoms with Gasteiger partial charge in [0.15, 0.2) is 0 Å². The maximum atomic E-state index is 7.52. The van der Waals surface area contributed by atoms with Crippen LogP contribution in [-0.2, 0) is 16.2 Å². The minimum absolute atomic E-state index is 0.0732. The van der Waals surface area contributed by atoms with Gasteiger partial charge in [0.2, 0.25) is 0 Å². The predicted octanol–water partition coefficient (Wildman–Crippen LogP) is 25.0. The molecule has 13 rings (SSSR count). The molecule has 1 aliphatic heterocycles. The number of para-hydroxylation sites is 3. The Bertz CT molecular complexity index is 4590. The summed E-state index contributed by atoms with van der Waals surface area (Å²) in [7, 11) is 0. The van der Waals surface area contributed by atoms with Crippen molar-refractivity contribution in [3.8, 4) is 50.7 Å². The van der Waals surface area contributed by atoms with Crippen molar-refractivity contribution in [2.75, 3.05) is 16.5 Å². The van der Waals surface area contributed by atoms with Crippen LogP contribution < -0.4 is 14.5 Å². The van der Waals surface area contributed by atoms with Gasteiger partial charge in [0.25, 0.3) is 0 Å². The van der Waals surface area contributed by atoms with Crippen molar-refractivity contribution in [1.82, 2.24) is 9.55 Å². The van der Waals surface area contributed by atoms with Gasteiger partial charge in [0.1, 0.15) is 24.0 Å². The number of hydrogen-bond acceptors (Lipinski definition) is 5. The highest BCUT2D eigenvalue weighted by Crippen LogP contribution is 2.55. The first-order valence-corrected chi connectivity index (χ1v) is 33.5. The molecule has 5 nitrogen and oxygen atoms in total. The van der Waals surface area contributed by atoms with E-state index in [-0.39, 0.29) is 16.2 Å². The second kappa shape index (κ2) is 22.8. The Morgan fingerprint density at radius 3 is 1.57 bits per heavy atom. The molecule has 0 fully saturated rings. The molecule has 0 bridgehead atoms. The fourth-order valence-corrected chi connectivity index (χ4v) is 15.6. The summed E-state index contributed by atoms with van der Waals surface area (Å²) in [5.41, 5.74) is 23.3. The standard InChI is InChI=1S/C84H88N4OS/c1-50(2)59-27-22-28-60(51(3)4)77(59)66-31-24-32-67(78-61(52(5)6)29-23-30-62(78)53(7)8)80(66)87-49-86(70-35-19-20-36-71(70)87)56-44-54(76-68(83(12,13)14)33-25-34-69(76)84(15,16)17)45-58(47-56)89-57-38-39-65-73(48-57)88(75-46-55(42-43-85-75)82(9,10)11)72-41-40-64-63-26-18-21-37-74(63)90-81(64)79(65)72/h18-48,50-53H,49H2,1-17H3. The van der Waals surface area contributed by atoms with Gasteiger partial charge in [-0.2, -0.15) is 0 Å². The van der Waals surface area contributed by atoms with E-state index < -0.39 is 0 Å². The number of anilines is 4. The van der Waals surface area contributed by atoms with Crippen molar-refractivity contribution in [2.24, 2.45) is 0 Å². The number of pyridine rings is 1. The average molecular weight is 1200 g/mol. The van der Waals surface area contributed by atoms with Crippen LogP contribution in [0.3, 0.4) is 0 Å². The summed E-state index contributed by atoms with van der Waals surface area (Å²) < 4.78 is 12.5. The van der Waals surface area contributed by atoms with Gasteiger partial charge in [0, 0.05) is 66.1 Å². The summed E-state index contributed by atoms with van der Waals surface area (Å²) >= 11 is 1.87. The van der Waals surface area contributed by atoms with Gasteiger partial charge in [-0.15, -0.1) is 11.3 Å². The number of benzene rings is 9. The third-order valence-electron chi connectivity index (χ3n) is 18.8. The van der Waals surface area contributed by atoms with E-state index in [9.17, 15) is 0 Å². The van der Waals surface area contributed by atoms with E-state index in [0.717, 1.165) is 45.3 Å². The predicted molar refractivity (Wildman–Crippen MR) is 389 cm³/mol. The maximum absolute atomic E-state index is 7.52. The minimum atomic E-state index is -0.163. The summed E-state index contributed by atoms with van der Waals surface area (Å²) in [5, 5.41) is 4.96. The SMILES string of the molecule is CC(C)c1cccc(C(C)C)c1-c1cccc(-c2c(C(C)C)cccc2C(C)C)c1N1CN(c2cc(Oc3ccc4c5c6sc7ccccc7c6ccc5n(-c5cc(C(C)(C)C)ccn5)c4c3)cc(-c3c(C(C)(C)C)cccc3C(C)(C)C)c2)c2ccccc21. The fraction of sp³-hybridized carbons (Fsp3) is 0.298. The third-order valence-corrected chi connectivity index (χ3v) is 20.0. The molecule has 4 heterocycles. The van der Waals surface area contributed by atoms with Crippen LogP contribution in [0, 0.1) is 0 Å². The van der Waals surface area contributed by atoms with E-state index in [1.807, 2.05) is 17.5 Å². The van der Waals surface area contributed by atoms with Crippen LogP contribution in [0.5, 0.6) is 11.5 Å². The lowest BCUT2D eigenvalue weighted by Crippen LogP contribution is -2.25. The minimum Gasteiger partial charge on any atom is -0.457 e. The highest BCUT2D eigenvalue weighted by atomic mass is 32.1. The molecule has 12 aromatic rings. The van der Waals surface area contributed by atoms with E-state index in [2.05, 4.69) is 314 Å². The molecule has 90 heavy (non-hydrogen) atoms. The normalized spacial score (nSPS) is 13.3. The van der Waals surface area contributed by atoms with Gasteiger partial charge < -0.3 is 14.5 Å². The summed E-state index contributed by atoms with van der Waals surface area (Å²) in [4.78, 5) is 10.3. The number of nitrogens with zero attached hydrogens (tertiary/aromatic N) is 4. The Kier molecular flexibility index (Phi) is 15.3. The lowest BCUT2D eigenvalue weighted by Gasteiger charge is -2.32. The Morgan fingerprint density at radius 1 is 0.444 bits per heavy atom. The van der Waals surface area contributed by atoms with Crippen LogP contribution in [0.2, 0.25) is 0 Å². The zero-order valence-electron chi connectivity index (χ0n) is 56.0. The molecule has 3 aromatic heterocycles. The van der Waals surface area contributed by atoms with Crippen molar-refractivity contribution in [3.63, 3.8) is 0 Å². The topological polar surface area (TPSA) is 33.5 Å². The van der Waals surface area contributed by atoms with Crippen molar-refractivity contribution in [3.05, 3.63) is 227 Å². The number of fused-ring (bicyclic) bond motifs is 8. The van der Waals surface area contributed by atoms with Crippen LogP contribution in [0.15, 0.2) is 188 Å². The summed E-state index contributed by atoms with van der Waals surface area (Å²) in [6, 6.07) is 68.8. The summed E-state index contributed by atoms with van der Waals surface area (Å²) in [6.07, 6.45) is 1.97. The Hall–Kier alpha value is -8.45. The van der Waals surface area contributed by atoms with Crippen molar-refractivity contribution in [2.45, 2.75) is 158 Å². The molecule has 0 saturated heterocycles. The molecule has 9 aromatic carbocycles. The zero-order chi connectivity index (χ0) is 63.5. The number of aromatic nitrogens is 2. The molecule has 0 N–H and O–H groups in total. The molecule has 0 atom stereocenters. The molecule has 1 aliphatic rings. The van der Waals surface area contributed by atoms with Gasteiger partial charge in [-0.25, -0.2) is 4.98 Å². The van der Waals surface area contributed by atoms with E-state index in [1.54, 1.807) is 0 Å². The van der Waals surface area contributed by atoms with Gasteiger partial charge in [-0.05, 0) is 162 Å². The fourth-order valence-electron chi connectivity index (χ4n) is 14.4. The molecule has 456 valence electrons. The lowest BCUT2D eigenvalue weighted by atomic mass is 9.74. The van der Waals surface area contributed by atoms with Crippen molar-refractivity contribution in [1.29, 1.82) is 0 Å². The van der Waals surface area contributed by atoms with Crippen LogP contribution >= 0.6 is 11.3 Å². The number of ether oxygens (including phenoxy) is 1. The molecule has 6 heteroatoms. The van der Waals surface area contributed by atoms with E-state index in [4.69, 9.17) is 9.72 Å². The van der Waals surface area contributed by atoms with Gasteiger partial charge >= 0.3 is 0 Å². The third kappa shape index (κ3) is 10.6. The summed E-state index contributed by atoms with van der Waals surface area (Å²) in [6.45, 7) is 40.3. The van der Waals surface area contributed by atoms with Crippen LogP contribution in [0.1, 0.15) is 180 Å². The smallest absolute Gasteiger partial charge is 0.137 e. The molecule has 0 radical (unpaired) electrons. The molecule has 0 saturated carbocycles. The largest absolute Gasteiger partial charge is 0.457 e. The Morgan fingerprint density at radius 2 is 0.989 bits per heavy atom. The van der Waals surface area contributed by atoms with Crippen LogP contribution in [0.4, 0.5) is 22.7 Å². The van der Waals surface area contributed by atoms with E-state index >= 15 is 0 Å².